The topological polar surface area (TPSA) is 69.4 Å². The van der Waals surface area contributed by atoms with E-state index in [9.17, 15) is 18.0 Å². The van der Waals surface area contributed by atoms with E-state index in [2.05, 4.69) is 15.1 Å². The highest BCUT2D eigenvalue weighted by molar-refractivity contribution is 5.83. The zero-order chi connectivity index (χ0) is 20.5. The van der Waals surface area contributed by atoms with Crippen molar-refractivity contribution in [3.63, 3.8) is 0 Å². The third-order valence-corrected chi connectivity index (χ3v) is 4.36. The number of ether oxygens (including phenoxy) is 1. The molecule has 0 aliphatic rings. The summed E-state index contributed by atoms with van der Waals surface area (Å²) < 4.78 is 45.5. The third-order valence-electron chi connectivity index (χ3n) is 4.36. The quantitative estimate of drug-likeness (QED) is 0.642. The van der Waals surface area contributed by atoms with Crippen LogP contribution in [0.3, 0.4) is 0 Å². The number of halogens is 3. The van der Waals surface area contributed by atoms with Crippen LogP contribution in [0.5, 0.6) is 0 Å². The average molecular weight is 392 g/mol. The van der Waals surface area contributed by atoms with Crippen LogP contribution in [-0.4, -0.2) is 32.5 Å². The highest BCUT2D eigenvalue weighted by Gasteiger charge is 2.32. The van der Waals surface area contributed by atoms with Gasteiger partial charge in [0.05, 0.1) is 17.5 Å². The van der Waals surface area contributed by atoms with E-state index in [1.165, 1.54) is 6.07 Å². The van der Waals surface area contributed by atoms with Crippen LogP contribution in [0.25, 0.3) is 5.65 Å². The number of carbonyl (C=O) groups is 1. The number of Topliss-reactive ketones (excluding diaryl/α,β-unsaturated/α-hetero) is 1. The molecule has 0 amide bonds. The summed E-state index contributed by atoms with van der Waals surface area (Å²) in [6, 6.07) is 4.12. The van der Waals surface area contributed by atoms with Gasteiger partial charge in [-0.1, -0.05) is 0 Å². The molecule has 3 aromatic rings. The van der Waals surface area contributed by atoms with Crippen LogP contribution in [0.2, 0.25) is 0 Å². The Morgan fingerprint density at radius 3 is 2.68 bits per heavy atom. The Morgan fingerprint density at radius 2 is 2.00 bits per heavy atom. The van der Waals surface area contributed by atoms with Gasteiger partial charge in [0.1, 0.15) is 11.5 Å². The maximum Gasteiger partial charge on any atom is 0.433 e. The van der Waals surface area contributed by atoms with Gasteiger partial charge in [-0.25, -0.2) is 9.50 Å². The van der Waals surface area contributed by atoms with Crippen molar-refractivity contribution in [3.8, 4) is 0 Å². The number of fused-ring (bicyclic) bond motifs is 1. The number of methoxy groups -OCH3 is 1. The third kappa shape index (κ3) is 4.19. The van der Waals surface area contributed by atoms with Crippen LogP contribution in [0.4, 0.5) is 13.2 Å². The van der Waals surface area contributed by atoms with E-state index in [-0.39, 0.29) is 30.3 Å². The first-order valence-electron chi connectivity index (χ1n) is 8.60. The van der Waals surface area contributed by atoms with Crippen molar-refractivity contribution < 1.29 is 22.7 Å². The fourth-order valence-electron chi connectivity index (χ4n) is 3.02. The first-order valence-corrected chi connectivity index (χ1v) is 8.60. The van der Waals surface area contributed by atoms with Crippen LogP contribution in [0, 0.1) is 6.92 Å². The van der Waals surface area contributed by atoms with Gasteiger partial charge in [0, 0.05) is 44.0 Å². The van der Waals surface area contributed by atoms with Gasteiger partial charge in [-0.3, -0.25) is 9.78 Å². The van der Waals surface area contributed by atoms with E-state index in [4.69, 9.17) is 4.74 Å². The van der Waals surface area contributed by atoms with E-state index in [1.807, 2.05) is 19.9 Å². The molecule has 6 nitrogen and oxygen atoms in total. The molecule has 0 N–H and O–H groups in total. The molecule has 0 fully saturated rings. The first kappa shape index (κ1) is 19.9. The van der Waals surface area contributed by atoms with E-state index in [1.54, 1.807) is 17.8 Å². The van der Waals surface area contributed by atoms with Crippen LogP contribution in [-0.2, 0) is 28.5 Å². The Balaban J connectivity index is 1.87. The summed E-state index contributed by atoms with van der Waals surface area (Å²) >= 11 is 0. The maximum absolute atomic E-state index is 12.8. The highest BCUT2D eigenvalue weighted by Crippen LogP contribution is 2.28. The minimum absolute atomic E-state index is 0.00849. The Labute approximate surface area is 159 Å². The molecule has 0 radical (unpaired) electrons. The largest absolute Gasteiger partial charge is 0.433 e. The molecule has 3 heterocycles. The summed E-state index contributed by atoms with van der Waals surface area (Å²) in [7, 11) is 1.55. The Morgan fingerprint density at radius 1 is 1.25 bits per heavy atom. The van der Waals surface area contributed by atoms with Crippen molar-refractivity contribution in [2.24, 2.45) is 0 Å². The zero-order valence-corrected chi connectivity index (χ0v) is 15.6. The molecule has 0 aliphatic heterocycles. The Hall–Kier alpha value is -2.81. The monoisotopic (exact) mass is 392 g/mol. The lowest BCUT2D eigenvalue weighted by Gasteiger charge is -2.16. The number of carbonyl (C=O) groups excluding carboxylic acids is 1. The molecule has 9 heteroatoms. The number of hydrogen-bond donors (Lipinski definition) is 0. The summed E-state index contributed by atoms with van der Waals surface area (Å²) in [4.78, 5) is 20.2. The van der Waals surface area contributed by atoms with Gasteiger partial charge >= 0.3 is 6.18 Å². The van der Waals surface area contributed by atoms with Gasteiger partial charge in [-0.05, 0) is 31.5 Å². The predicted molar refractivity (Wildman–Crippen MR) is 94.8 cm³/mol. The molecule has 148 valence electrons. The minimum atomic E-state index is -4.55. The van der Waals surface area contributed by atoms with Gasteiger partial charge in [0.15, 0.2) is 5.65 Å². The Bertz CT molecular complexity index is 1010. The number of alkyl halides is 3. The number of hydrogen-bond acceptors (Lipinski definition) is 5. The van der Waals surface area contributed by atoms with Crippen LogP contribution < -0.4 is 0 Å². The minimum Gasteiger partial charge on any atom is -0.375 e. The molecule has 3 aromatic heterocycles. The van der Waals surface area contributed by atoms with E-state index < -0.39 is 11.9 Å². The summed E-state index contributed by atoms with van der Waals surface area (Å²) in [5.74, 6) is -0.242. The number of nitrogens with zero attached hydrogens (tertiary/aromatic N) is 4. The van der Waals surface area contributed by atoms with Crippen molar-refractivity contribution in [2.75, 3.05) is 7.11 Å². The highest BCUT2D eigenvalue weighted by atomic mass is 19.4. The zero-order valence-electron chi connectivity index (χ0n) is 15.6. The van der Waals surface area contributed by atoms with Crippen molar-refractivity contribution >= 4 is 11.4 Å². The molecule has 0 saturated heterocycles. The molecule has 0 aliphatic carbocycles. The summed E-state index contributed by atoms with van der Waals surface area (Å²) in [6.45, 7) is 3.67. The molecule has 0 spiro atoms. The number of pyridine rings is 1. The molecule has 28 heavy (non-hydrogen) atoms. The van der Waals surface area contributed by atoms with Gasteiger partial charge < -0.3 is 4.74 Å². The van der Waals surface area contributed by atoms with Gasteiger partial charge in [0.2, 0.25) is 0 Å². The van der Waals surface area contributed by atoms with Gasteiger partial charge in [-0.15, -0.1) is 0 Å². The van der Waals surface area contributed by atoms with E-state index in [0.29, 0.717) is 16.9 Å². The normalized spacial score (nSPS) is 13.1. The fraction of sp³-hybridized carbons (Fsp3) is 0.368. The number of rotatable bonds is 6. The maximum atomic E-state index is 12.8. The predicted octanol–water partition coefficient (Wildman–Crippen LogP) is 3.51. The average Bonchev–Trinajstić information content (AvgIpc) is 3.00. The van der Waals surface area contributed by atoms with Crippen LogP contribution in [0.1, 0.15) is 41.2 Å². The summed E-state index contributed by atoms with van der Waals surface area (Å²) in [5, 5.41) is 4.40. The smallest absolute Gasteiger partial charge is 0.375 e. The van der Waals surface area contributed by atoms with E-state index in [0.717, 1.165) is 18.0 Å². The van der Waals surface area contributed by atoms with Crippen molar-refractivity contribution in [2.45, 2.75) is 39.0 Å². The lowest BCUT2D eigenvalue weighted by Crippen LogP contribution is -2.15. The number of ketones is 1. The van der Waals surface area contributed by atoms with Crippen LogP contribution in [0.15, 0.2) is 30.6 Å². The molecule has 3 rings (SSSR count). The fourth-order valence-corrected chi connectivity index (χ4v) is 3.02. The number of aromatic nitrogens is 4. The first-order chi connectivity index (χ1) is 13.2. The van der Waals surface area contributed by atoms with Crippen LogP contribution >= 0.6 is 0 Å². The molecule has 1 atom stereocenters. The Kier molecular flexibility index (Phi) is 5.46. The molecule has 0 aromatic carbocycles. The second kappa shape index (κ2) is 7.67. The second-order valence-corrected chi connectivity index (χ2v) is 6.54. The second-order valence-electron chi connectivity index (χ2n) is 6.54. The van der Waals surface area contributed by atoms with Gasteiger partial charge in [-0.2, -0.15) is 18.3 Å². The van der Waals surface area contributed by atoms with E-state index >= 15 is 0 Å². The molecule has 0 saturated carbocycles. The molecule has 0 bridgehead atoms. The summed E-state index contributed by atoms with van der Waals surface area (Å²) in [6.07, 6.45) is -2.37. The summed E-state index contributed by atoms with van der Waals surface area (Å²) in [5.41, 5.74) is 1.98. The number of aryl methyl sites for hydroxylation is 1. The SMILES string of the molecule is CO[C@@H](C)c1c(CC(=O)Cc2ccnc(C(F)(F)F)c2)cnc2cc(C)nn12. The van der Waals surface area contributed by atoms with Gasteiger partial charge in [0.25, 0.3) is 0 Å². The molecular formula is C19H19F3N4O2. The van der Waals surface area contributed by atoms with Crippen molar-refractivity contribution in [1.82, 2.24) is 19.6 Å². The van der Waals surface area contributed by atoms with Crippen molar-refractivity contribution in [1.29, 1.82) is 0 Å². The molecule has 0 unspecified atom stereocenters. The molecular weight excluding hydrogens is 373 g/mol. The van der Waals surface area contributed by atoms with Crippen molar-refractivity contribution in [3.05, 3.63) is 58.8 Å². The lowest BCUT2D eigenvalue weighted by atomic mass is 10.0. The lowest BCUT2D eigenvalue weighted by molar-refractivity contribution is -0.141. The standard InChI is InChI=1S/C19H19F3N4O2/c1-11-6-17-24-10-14(18(12(2)28-3)26(17)25-11)9-15(27)7-13-4-5-23-16(8-13)19(20,21)22/h4-6,8,10,12H,7,9H2,1-3H3/t12-/m0/s1.